The van der Waals surface area contributed by atoms with E-state index >= 15 is 0 Å². The zero-order chi connectivity index (χ0) is 52.2. The Morgan fingerprint density at radius 1 is 0.278 bits per heavy atom. The van der Waals surface area contributed by atoms with Gasteiger partial charge in [-0.15, -0.1) is 0 Å². The van der Waals surface area contributed by atoms with E-state index in [2.05, 4.69) is 57.2 Å². The van der Waals surface area contributed by atoms with Crippen LogP contribution >= 0.6 is 0 Å². The number of carbonyl (C=O) groups is 3. The second kappa shape index (κ2) is 61.2. The van der Waals surface area contributed by atoms with Gasteiger partial charge in [-0.05, 0) is 77.0 Å². The molecule has 6 heteroatoms. The van der Waals surface area contributed by atoms with Crippen LogP contribution in [0.3, 0.4) is 0 Å². The molecule has 6 nitrogen and oxygen atoms in total. The van der Waals surface area contributed by atoms with E-state index in [1.807, 2.05) is 0 Å². The van der Waals surface area contributed by atoms with Crippen LogP contribution in [-0.2, 0) is 28.6 Å². The molecular weight excluding hydrogens is 889 g/mol. The topological polar surface area (TPSA) is 78.9 Å². The molecule has 0 saturated heterocycles. The maximum atomic E-state index is 12.9. The molecule has 0 N–H and O–H groups in total. The van der Waals surface area contributed by atoms with Crippen LogP contribution in [0.15, 0.2) is 36.5 Å². The molecule has 72 heavy (non-hydrogen) atoms. The van der Waals surface area contributed by atoms with Crippen LogP contribution in [0, 0.1) is 0 Å². The Balaban J connectivity index is 4.34. The number of esters is 3. The third-order valence-electron chi connectivity index (χ3n) is 14.4. The van der Waals surface area contributed by atoms with E-state index < -0.39 is 6.10 Å². The molecular formula is C66H122O6. The van der Waals surface area contributed by atoms with Gasteiger partial charge in [-0.25, -0.2) is 0 Å². The number of carbonyl (C=O) groups excluding carboxylic acids is 3. The maximum Gasteiger partial charge on any atom is 0.306 e. The van der Waals surface area contributed by atoms with Crippen molar-refractivity contribution in [3.8, 4) is 0 Å². The van der Waals surface area contributed by atoms with Gasteiger partial charge < -0.3 is 14.2 Å². The molecule has 0 aliphatic heterocycles. The predicted molar refractivity (Wildman–Crippen MR) is 312 cm³/mol. The highest BCUT2D eigenvalue weighted by atomic mass is 16.6. The first-order valence-electron chi connectivity index (χ1n) is 32.0. The van der Waals surface area contributed by atoms with Crippen LogP contribution in [-0.4, -0.2) is 37.2 Å². The average molecular weight is 1010 g/mol. The zero-order valence-electron chi connectivity index (χ0n) is 48.5. The molecule has 0 saturated carbocycles. The lowest BCUT2D eigenvalue weighted by molar-refractivity contribution is -0.167. The largest absolute Gasteiger partial charge is 0.462 e. The van der Waals surface area contributed by atoms with Crippen molar-refractivity contribution in [2.75, 3.05) is 13.2 Å². The van der Waals surface area contributed by atoms with Gasteiger partial charge in [0.05, 0.1) is 0 Å². The van der Waals surface area contributed by atoms with Crippen LogP contribution in [0.25, 0.3) is 0 Å². The fourth-order valence-corrected chi connectivity index (χ4v) is 9.53. The Morgan fingerprint density at radius 3 is 0.806 bits per heavy atom. The van der Waals surface area contributed by atoms with Crippen molar-refractivity contribution in [3.05, 3.63) is 36.5 Å². The molecule has 0 aromatic rings. The molecule has 0 amide bonds. The molecule has 0 rings (SSSR count). The predicted octanol–water partition coefficient (Wildman–Crippen LogP) is 21.6. The summed E-state index contributed by atoms with van der Waals surface area (Å²) in [5.41, 5.74) is 0. The minimum Gasteiger partial charge on any atom is -0.462 e. The van der Waals surface area contributed by atoms with Crippen LogP contribution in [0.4, 0.5) is 0 Å². The summed E-state index contributed by atoms with van der Waals surface area (Å²) in [4.78, 5) is 38.3. The molecule has 0 radical (unpaired) electrons. The Bertz CT molecular complexity index is 1210. The van der Waals surface area contributed by atoms with E-state index in [9.17, 15) is 14.4 Å². The van der Waals surface area contributed by atoms with Crippen molar-refractivity contribution in [2.24, 2.45) is 0 Å². The first-order valence-corrected chi connectivity index (χ1v) is 32.0. The summed E-state index contributed by atoms with van der Waals surface area (Å²) in [6.07, 6.45) is 74.3. The van der Waals surface area contributed by atoms with E-state index in [0.29, 0.717) is 19.3 Å². The molecule has 0 aliphatic rings. The lowest BCUT2D eigenvalue weighted by Crippen LogP contribution is -2.30. The van der Waals surface area contributed by atoms with Gasteiger partial charge in [-0.3, -0.25) is 14.4 Å². The van der Waals surface area contributed by atoms with E-state index in [4.69, 9.17) is 14.2 Å². The summed E-state index contributed by atoms with van der Waals surface area (Å²) in [5, 5.41) is 0. The summed E-state index contributed by atoms with van der Waals surface area (Å²) in [6.45, 7) is 6.66. The van der Waals surface area contributed by atoms with Crippen molar-refractivity contribution in [2.45, 2.75) is 354 Å². The van der Waals surface area contributed by atoms with Crippen LogP contribution in [0.1, 0.15) is 348 Å². The first kappa shape index (κ1) is 69.6. The first-order chi connectivity index (χ1) is 35.5. The van der Waals surface area contributed by atoms with Gasteiger partial charge in [0.1, 0.15) is 13.2 Å². The molecule has 0 aromatic carbocycles. The molecule has 0 heterocycles. The quantitative estimate of drug-likeness (QED) is 0.0261. The molecule has 0 unspecified atom stereocenters. The molecule has 0 fully saturated rings. The highest BCUT2D eigenvalue weighted by Crippen LogP contribution is 2.17. The van der Waals surface area contributed by atoms with Gasteiger partial charge in [0, 0.05) is 19.3 Å². The fourth-order valence-electron chi connectivity index (χ4n) is 9.53. The summed E-state index contributed by atoms with van der Waals surface area (Å²) < 4.78 is 16.9. The Kier molecular flexibility index (Phi) is 59.2. The fraction of sp³-hybridized carbons (Fsp3) is 0.864. The monoisotopic (exact) mass is 1010 g/mol. The lowest BCUT2D eigenvalue weighted by atomic mass is 10.0. The number of hydrogen-bond acceptors (Lipinski definition) is 6. The maximum absolute atomic E-state index is 12.9. The van der Waals surface area contributed by atoms with Crippen molar-refractivity contribution in [1.82, 2.24) is 0 Å². The third-order valence-corrected chi connectivity index (χ3v) is 14.4. The standard InChI is InChI=1S/C66H122O6/c1-4-7-10-13-16-19-22-25-28-31-33-36-38-41-44-47-50-53-56-59-65(68)71-62-63(61-70-64(67)58-55-52-49-46-43-40-37-34-30-27-24-21-18-15-12-9-6-3)72-66(69)60-57-54-51-48-45-42-39-35-32-29-26-23-20-17-14-11-8-5-2/h18,21,25,27-28,30,63H,4-17,19-20,22-24,26,29,31-62H2,1-3H3/b21-18+,28-25+,30-27+/t63-/m1/s1. The van der Waals surface area contributed by atoms with Gasteiger partial charge in [0.25, 0.3) is 0 Å². The van der Waals surface area contributed by atoms with Crippen molar-refractivity contribution >= 4 is 17.9 Å². The summed E-state index contributed by atoms with van der Waals surface area (Å²) in [5.74, 6) is -0.857. The number of allylic oxidation sites excluding steroid dienone is 6. The van der Waals surface area contributed by atoms with E-state index in [1.165, 1.54) is 238 Å². The van der Waals surface area contributed by atoms with Crippen LogP contribution in [0.2, 0.25) is 0 Å². The van der Waals surface area contributed by atoms with Crippen LogP contribution in [0.5, 0.6) is 0 Å². The summed E-state index contributed by atoms with van der Waals surface area (Å²) in [7, 11) is 0. The molecule has 1 atom stereocenters. The van der Waals surface area contributed by atoms with Crippen molar-refractivity contribution in [3.63, 3.8) is 0 Å². The van der Waals surface area contributed by atoms with Gasteiger partial charge >= 0.3 is 17.9 Å². The molecule has 0 aliphatic carbocycles. The molecule has 0 bridgehead atoms. The summed E-state index contributed by atoms with van der Waals surface area (Å²) >= 11 is 0. The van der Waals surface area contributed by atoms with Crippen LogP contribution < -0.4 is 0 Å². The van der Waals surface area contributed by atoms with Crippen molar-refractivity contribution < 1.29 is 28.6 Å². The van der Waals surface area contributed by atoms with Gasteiger partial charge in [-0.2, -0.15) is 0 Å². The molecule has 0 spiro atoms. The average Bonchev–Trinajstić information content (AvgIpc) is 3.38. The van der Waals surface area contributed by atoms with E-state index in [1.54, 1.807) is 0 Å². The Morgan fingerprint density at radius 2 is 0.500 bits per heavy atom. The number of hydrogen-bond donors (Lipinski definition) is 0. The number of unbranched alkanes of at least 4 members (excludes halogenated alkanes) is 42. The highest BCUT2D eigenvalue weighted by Gasteiger charge is 2.19. The minimum absolute atomic E-state index is 0.0716. The minimum atomic E-state index is -0.774. The normalized spacial score (nSPS) is 12.2. The van der Waals surface area contributed by atoms with E-state index in [0.717, 1.165) is 70.6 Å². The number of ether oxygens (including phenoxy) is 3. The second-order valence-electron chi connectivity index (χ2n) is 21.7. The molecule has 0 aromatic heterocycles. The van der Waals surface area contributed by atoms with Gasteiger partial charge in [0.2, 0.25) is 0 Å². The Labute approximate surface area is 448 Å². The second-order valence-corrected chi connectivity index (χ2v) is 21.7. The Hall–Kier alpha value is -2.37. The highest BCUT2D eigenvalue weighted by molar-refractivity contribution is 5.71. The summed E-state index contributed by atoms with van der Waals surface area (Å²) in [6, 6.07) is 0. The lowest BCUT2D eigenvalue weighted by Gasteiger charge is -2.18. The van der Waals surface area contributed by atoms with Gasteiger partial charge in [0.15, 0.2) is 6.10 Å². The molecule has 422 valence electrons. The third kappa shape index (κ3) is 58.5. The SMILES string of the molecule is CCCCC/C=C/C/C=C/CCCCCCCCCC(=O)OC[C@H](COC(=O)CCCCCCCCCCC/C=C/CCCCCCCC)OC(=O)CCCCCCCCCCCCCCCCCCCC. The number of rotatable bonds is 59. The smallest absolute Gasteiger partial charge is 0.306 e. The van der Waals surface area contributed by atoms with E-state index in [-0.39, 0.29) is 31.1 Å². The van der Waals surface area contributed by atoms with Crippen molar-refractivity contribution in [1.29, 1.82) is 0 Å². The zero-order valence-corrected chi connectivity index (χ0v) is 48.5. The van der Waals surface area contributed by atoms with Gasteiger partial charge in [-0.1, -0.05) is 288 Å².